The van der Waals surface area contributed by atoms with Gasteiger partial charge in [0.05, 0.1) is 5.41 Å². The van der Waals surface area contributed by atoms with Crippen molar-refractivity contribution in [1.82, 2.24) is 10.2 Å². The standard InChI is InChI=1S/C22H23N3O2/c26-20-22(8-3-10-23-20)9-11-25(14-22)21(27)24-17-6-7-19-16(13-17)12-15-4-1-2-5-18(15)19/h1-2,4-7,13H,3,8-12,14H2,(H,23,26)(H,24,27). The van der Waals surface area contributed by atoms with Crippen molar-refractivity contribution in [2.75, 3.05) is 25.0 Å². The molecule has 2 aromatic rings. The number of hydrogen-bond acceptors (Lipinski definition) is 2. The third-order valence-corrected chi connectivity index (χ3v) is 6.29. The molecule has 2 fully saturated rings. The van der Waals surface area contributed by atoms with Crippen LogP contribution in [0.15, 0.2) is 42.5 Å². The van der Waals surface area contributed by atoms with Crippen LogP contribution in [0.3, 0.4) is 0 Å². The summed E-state index contributed by atoms with van der Waals surface area (Å²) in [5.41, 5.74) is 5.56. The van der Waals surface area contributed by atoms with Crippen LogP contribution in [0.2, 0.25) is 0 Å². The number of rotatable bonds is 1. The fraction of sp³-hybridized carbons (Fsp3) is 0.364. The maximum atomic E-state index is 12.7. The average molecular weight is 361 g/mol. The van der Waals surface area contributed by atoms with Crippen molar-refractivity contribution in [2.24, 2.45) is 5.41 Å². The molecule has 2 saturated heterocycles. The molecule has 1 atom stereocenters. The maximum Gasteiger partial charge on any atom is 0.321 e. The normalized spacial score (nSPS) is 23.1. The molecule has 2 N–H and O–H groups in total. The Kier molecular flexibility index (Phi) is 3.71. The molecule has 0 saturated carbocycles. The van der Waals surface area contributed by atoms with Gasteiger partial charge in [0, 0.05) is 25.3 Å². The zero-order valence-corrected chi connectivity index (χ0v) is 15.3. The minimum absolute atomic E-state index is 0.110. The molecule has 5 rings (SSSR count). The van der Waals surface area contributed by atoms with Gasteiger partial charge in [-0.2, -0.15) is 0 Å². The second-order valence-corrected chi connectivity index (χ2v) is 7.95. The van der Waals surface area contributed by atoms with Crippen molar-refractivity contribution in [3.05, 3.63) is 53.6 Å². The van der Waals surface area contributed by atoms with E-state index in [4.69, 9.17) is 0 Å². The molecule has 5 heteroatoms. The number of nitrogens with zero attached hydrogens (tertiary/aromatic N) is 1. The first-order valence-electron chi connectivity index (χ1n) is 9.70. The first-order valence-corrected chi connectivity index (χ1v) is 9.70. The highest BCUT2D eigenvalue weighted by Gasteiger charge is 2.46. The molecule has 2 heterocycles. The molecule has 2 aromatic carbocycles. The number of amides is 3. The third kappa shape index (κ3) is 2.69. The number of carbonyl (C=O) groups is 2. The minimum Gasteiger partial charge on any atom is -0.356 e. The van der Waals surface area contributed by atoms with Gasteiger partial charge in [-0.1, -0.05) is 30.3 Å². The van der Waals surface area contributed by atoms with Crippen LogP contribution < -0.4 is 10.6 Å². The molecule has 1 aliphatic carbocycles. The molecule has 0 aromatic heterocycles. The number of hydrogen-bond donors (Lipinski definition) is 2. The summed E-state index contributed by atoms with van der Waals surface area (Å²) in [5, 5.41) is 6.00. The average Bonchev–Trinajstić information content (AvgIpc) is 3.26. The third-order valence-electron chi connectivity index (χ3n) is 6.29. The second-order valence-electron chi connectivity index (χ2n) is 7.95. The van der Waals surface area contributed by atoms with Crippen LogP contribution in [-0.4, -0.2) is 36.5 Å². The lowest BCUT2D eigenvalue weighted by Crippen LogP contribution is -2.48. The van der Waals surface area contributed by atoms with Crippen LogP contribution in [0, 0.1) is 5.41 Å². The van der Waals surface area contributed by atoms with Gasteiger partial charge in [-0.3, -0.25) is 4.79 Å². The van der Waals surface area contributed by atoms with Crippen molar-refractivity contribution in [2.45, 2.75) is 25.7 Å². The highest BCUT2D eigenvalue weighted by molar-refractivity contribution is 5.92. The Hall–Kier alpha value is -2.82. The van der Waals surface area contributed by atoms with Gasteiger partial charge >= 0.3 is 6.03 Å². The Morgan fingerprint density at radius 1 is 1.07 bits per heavy atom. The number of piperidine rings is 1. The number of fused-ring (bicyclic) bond motifs is 3. The van der Waals surface area contributed by atoms with Gasteiger partial charge in [0.1, 0.15) is 0 Å². The monoisotopic (exact) mass is 361 g/mol. The van der Waals surface area contributed by atoms with Crippen LogP contribution in [0.25, 0.3) is 11.1 Å². The number of urea groups is 1. The predicted octanol–water partition coefficient (Wildman–Crippen LogP) is 3.39. The molecule has 1 unspecified atom stereocenters. The summed E-state index contributed by atoms with van der Waals surface area (Å²) in [7, 11) is 0. The highest BCUT2D eigenvalue weighted by atomic mass is 16.2. The summed E-state index contributed by atoms with van der Waals surface area (Å²) in [6.07, 6.45) is 3.53. The molecule has 5 nitrogen and oxygen atoms in total. The van der Waals surface area contributed by atoms with Crippen LogP contribution in [-0.2, 0) is 11.2 Å². The summed E-state index contributed by atoms with van der Waals surface area (Å²) in [6, 6.07) is 14.5. The molecular formula is C22H23N3O2. The van der Waals surface area contributed by atoms with E-state index >= 15 is 0 Å². The fourth-order valence-electron chi connectivity index (χ4n) is 4.79. The Morgan fingerprint density at radius 2 is 1.93 bits per heavy atom. The van der Waals surface area contributed by atoms with Gasteiger partial charge in [-0.15, -0.1) is 0 Å². The molecule has 0 radical (unpaired) electrons. The van der Waals surface area contributed by atoms with E-state index < -0.39 is 0 Å². The zero-order valence-electron chi connectivity index (χ0n) is 15.3. The lowest BCUT2D eigenvalue weighted by molar-refractivity contribution is -0.132. The van der Waals surface area contributed by atoms with E-state index in [1.54, 1.807) is 4.90 Å². The van der Waals surface area contributed by atoms with Crippen LogP contribution >= 0.6 is 0 Å². The summed E-state index contributed by atoms with van der Waals surface area (Å²) in [5.74, 6) is 0.111. The summed E-state index contributed by atoms with van der Waals surface area (Å²) in [4.78, 5) is 26.8. The number of benzene rings is 2. The van der Waals surface area contributed by atoms with Crippen LogP contribution in [0.5, 0.6) is 0 Å². The van der Waals surface area contributed by atoms with Crippen molar-refractivity contribution < 1.29 is 9.59 Å². The molecule has 2 aliphatic heterocycles. The SMILES string of the molecule is O=C(Nc1ccc2c(c1)Cc1ccccc1-2)N1CCC2(CCCNC2=O)C1. The Morgan fingerprint density at radius 3 is 2.81 bits per heavy atom. The topological polar surface area (TPSA) is 61.4 Å². The summed E-state index contributed by atoms with van der Waals surface area (Å²) < 4.78 is 0. The molecule has 3 aliphatic rings. The van der Waals surface area contributed by atoms with Crippen molar-refractivity contribution in [3.63, 3.8) is 0 Å². The molecule has 138 valence electrons. The lowest BCUT2D eigenvalue weighted by Gasteiger charge is -2.32. The number of carbonyl (C=O) groups excluding carboxylic acids is 2. The van der Waals surface area contributed by atoms with Crippen LogP contribution in [0.1, 0.15) is 30.4 Å². The molecule has 27 heavy (non-hydrogen) atoms. The van der Waals surface area contributed by atoms with E-state index in [1.165, 1.54) is 22.3 Å². The highest BCUT2D eigenvalue weighted by Crippen LogP contribution is 2.39. The quantitative estimate of drug-likeness (QED) is 0.698. The largest absolute Gasteiger partial charge is 0.356 e. The van der Waals surface area contributed by atoms with Gasteiger partial charge in [-0.25, -0.2) is 4.79 Å². The van der Waals surface area contributed by atoms with E-state index in [-0.39, 0.29) is 17.4 Å². The van der Waals surface area contributed by atoms with E-state index in [0.29, 0.717) is 13.1 Å². The molecular weight excluding hydrogens is 338 g/mol. The fourth-order valence-corrected chi connectivity index (χ4v) is 4.79. The van der Waals surface area contributed by atoms with Crippen molar-refractivity contribution >= 4 is 17.6 Å². The van der Waals surface area contributed by atoms with E-state index in [1.807, 2.05) is 6.07 Å². The Balaban J connectivity index is 1.30. The minimum atomic E-state index is -0.380. The predicted molar refractivity (Wildman–Crippen MR) is 105 cm³/mol. The number of nitrogens with one attached hydrogen (secondary N) is 2. The first-order chi connectivity index (χ1) is 13.1. The molecule has 0 bridgehead atoms. The lowest BCUT2D eigenvalue weighted by atomic mass is 9.79. The van der Waals surface area contributed by atoms with Gasteiger partial charge < -0.3 is 15.5 Å². The van der Waals surface area contributed by atoms with E-state index in [9.17, 15) is 9.59 Å². The van der Waals surface area contributed by atoms with Gasteiger partial charge in [-0.05, 0) is 60.1 Å². The number of anilines is 1. The van der Waals surface area contributed by atoms with E-state index in [0.717, 1.165) is 37.9 Å². The molecule has 3 amide bonds. The maximum absolute atomic E-state index is 12.7. The smallest absolute Gasteiger partial charge is 0.321 e. The van der Waals surface area contributed by atoms with Gasteiger partial charge in [0.25, 0.3) is 0 Å². The van der Waals surface area contributed by atoms with Gasteiger partial charge in [0.2, 0.25) is 5.91 Å². The molecule has 1 spiro atoms. The van der Waals surface area contributed by atoms with Crippen molar-refractivity contribution in [3.8, 4) is 11.1 Å². The van der Waals surface area contributed by atoms with Crippen LogP contribution in [0.4, 0.5) is 10.5 Å². The second kappa shape index (κ2) is 6.12. The summed E-state index contributed by atoms with van der Waals surface area (Å²) in [6.45, 7) is 1.90. The van der Waals surface area contributed by atoms with Gasteiger partial charge in [0.15, 0.2) is 0 Å². The number of likely N-dealkylation sites (tertiary alicyclic amines) is 1. The van der Waals surface area contributed by atoms with E-state index in [2.05, 4.69) is 47.0 Å². The van der Waals surface area contributed by atoms with Crippen molar-refractivity contribution in [1.29, 1.82) is 0 Å². The Labute approximate surface area is 158 Å². The Bertz CT molecular complexity index is 939. The zero-order chi connectivity index (χ0) is 18.4. The first kappa shape index (κ1) is 16.4. The summed E-state index contributed by atoms with van der Waals surface area (Å²) >= 11 is 0.